The van der Waals surface area contributed by atoms with Gasteiger partial charge in [-0.2, -0.15) is 5.26 Å². The molecule has 0 radical (unpaired) electrons. The third-order valence-electron chi connectivity index (χ3n) is 2.24. The lowest BCUT2D eigenvalue weighted by atomic mass is 10.2. The van der Waals surface area contributed by atoms with E-state index < -0.39 is 0 Å². The molecule has 0 aliphatic heterocycles. The monoisotopic (exact) mass is 246 g/mol. The van der Waals surface area contributed by atoms with Crippen molar-refractivity contribution in [2.75, 3.05) is 18.4 Å². The highest BCUT2D eigenvalue weighted by Crippen LogP contribution is 2.08. The van der Waals surface area contributed by atoms with Gasteiger partial charge in [-0.05, 0) is 24.3 Å². The summed E-state index contributed by atoms with van der Waals surface area (Å²) < 4.78 is 0. The van der Waals surface area contributed by atoms with E-state index in [0.29, 0.717) is 23.8 Å². The number of hydrogen-bond acceptors (Lipinski definition) is 3. The summed E-state index contributed by atoms with van der Waals surface area (Å²) in [7, 11) is 0. The molecule has 96 valence electrons. The van der Waals surface area contributed by atoms with Crippen LogP contribution in [0.15, 0.2) is 24.3 Å². The maximum atomic E-state index is 11.5. The Hall–Kier alpha value is -2.06. The molecular weight excluding hydrogens is 228 g/mol. The molecule has 0 aliphatic carbocycles. The number of rotatable bonds is 5. The number of nitrogens with one attached hydrogen (secondary N) is 3. The first-order valence-corrected chi connectivity index (χ1v) is 5.90. The third-order valence-corrected chi connectivity index (χ3v) is 2.24. The summed E-state index contributed by atoms with van der Waals surface area (Å²) in [6.45, 7) is 5.41. The van der Waals surface area contributed by atoms with Gasteiger partial charge in [0.1, 0.15) is 0 Å². The van der Waals surface area contributed by atoms with Crippen LogP contribution in [0.3, 0.4) is 0 Å². The number of carbonyl (C=O) groups is 1. The summed E-state index contributed by atoms with van der Waals surface area (Å²) >= 11 is 0. The molecule has 0 unspecified atom stereocenters. The maximum absolute atomic E-state index is 11.5. The van der Waals surface area contributed by atoms with Gasteiger partial charge in [0, 0.05) is 24.8 Å². The Morgan fingerprint density at radius 3 is 2.50 bits per heavy atom. The molecule has 1 aromatic carbocycles. The highest BCUT2D eigenvalue weighted by Gasteiger charge is 2.01. The number of benzene rings is 1. The fourth-order valence-corrected chi connectivity index (χ4v) is 1.34. The Kier molecular flexibility index (Phi) is 5.68. The molecule has 0 heterocycles. The van der Waals surface area contributed by atoms with Gasteiger partial charge in [-0.1, -0.05) is 13.8 Å². The van der Waals surface area contributed by atoms with Crippen molar-refractivity contribution in [1.82, 2.24) is 10.6 Å². The van der Waals surface area contributed by atoms with E-state index in [0.717, 1.165) is 6.54 Å². The van der Waals surface area contributed by atoms with Gasteiger partial charge in [0.05, 0.1) is 11.6 Å². The third kappa shape index (κ3) is 5.32. The number of hydrogen-bond donors (Lipinski definition) is 3. The molecule has 18 heavy (non-hydrogen) atoms. The predicted molar refractivity (Wildman–Crippen MR) is 71.3 cm³/mol. The first kappa shape index (κ1) is 14.0. The minimum Gasteiger partial charge on any atom is -0.337 e. The molecule has 2 amide bonds. The second-order valence-electron chi connectivity index (χ2n) is 4.18. The van der Waals surface area contributed by atoms with Crippen molar-refractivity contribution in [2.24, 2.45) is 0 Å². The lowest BCUT2D eigenvalue weighted by molar-refractivity contribution is 0.252. The van der Waals surface area contributed by atoms with Crippen LogP contribution in [0.25, 0.3) is 0 Å². The molecule has 0 atom stereocenters. The Morgan fingerprint density at radius 2 is 1.94 bits per heavy atom. The fourth-order valence-electron chi connectivity index (χ4n) is 1.34. The fraction of sp³-hybridized carbons (Fsp3) is 0.385. The highest BCUT2D eigenvalue weighted by atomic mass is 16.2. The van der Waals surface area contributed by atoms with E-state index in [2.05, 4.69) is 29.8 Å². The molecule has 0 aliphatic rings. The Morgan fingerprint density at radius 1 is 1.28 bits per heavy atom. The molecule has 5 heteroatoms. The van der Waals surface area contributed by atoms with Crippen molar-refractivity contribution in [3.8, 4) is 6.07 Å². The van der Waals surface area contributed by atoms with Crippen molar-refractivity contribution in [1.29, 1.82) is 5.26 Å². The average molecular weight is 246 g/mol. The lowest BCUT2D eigenvalue weighted by Crippen LogP contribution is -2.36. The quantitative estimate of drug-likeness (QED) is 0.692. The zero-order chi connectivity index (χ0) is 13.4. The lowest BCUT2D eigenvalue weighted by Gasteiger charge is -2.10. The predicted octanol–water partition coefficient (Wildman–Crippen LogP) is 1.68. The summed E-state index contributed by atoms with van der Waals surface area (Å²) in [5.41, 5.74) is 1.24. The number of carbonyl (C=O) groups excluding carboxylic acids is 1. The SMILES string of the molecule is CC(C)NCCNC(=O)Nc1ccc(C#N)cc1. The molecule has 0 bridgehead atoms. The van der Waals surface area contributed by atoms with Gasteiger partial charge >= 0.3 is 6.03 Å². The molecule has 3 N–H and O–H groups in total. The van der Waals surface area contributed by atoms with E-state index in [1.165, 1.54) is 0 Å². The molecule has 1 aromatic rings. The summed E-state index contributed by atoms with van der Waals surface area (Å²) in [6.07, 6.45) is 0. The molecule has 0 fully saturated rings. The van der Waals surface area contributed by atoms with Crippen LogP contribution in [-0.2, 0) is 0 Å². The standard InChI is InChI=1S/C13H18N4O/c1-10(2)15-7-8-16-13(18)17-12-5-3-11(9-14)4-6-12/h3-6,10,15H,7-8H2,1-2H3,(H2,16,17,18). The van der Waals surface area contributed by atoms with Gasteiger partial charge in [-0.25, -0.2) is 4.79 Å². The van der Waals surface area contributed by atoms with Gasteiger partial charge in [0.2, 0.25) is 0 Å². The number of nitrogens with zero attached hydrogens (tertiary/aromatic N) is 1. The van der Waals surface area contributed by atoms with E-state index in [-0.39, 0.29) is 6.03 Å². The van der Waals surface area contributed by atoms with Gasteiger partial charge in [0.15, 0.2) is 0 Å². The van der Waals surface area contributed by atoms with Gasteiger partial charge < -0.3 is 16.0 Å². The zero-order valence-electron chi connectivity index (χ0n) is 10.7. The van der Waals surface area contributed by atoms with Crippen molar-refractivity contribution < 1.29 is 4.79 Å². The van der Waals surface area contributed by atoms with E-state index >= 15 is 0 Å². The minimum absolute atomic E-state index is 0.245. The molecule has 0 spiro atoms. The van der Waals surface area contributed by atoms with E-state index in [1.807, 2.05) is 6.07 Å². The highest BCUT2D eigenvalue weighted by molar-refractivity contribution is 5.89. The van der Waals surface area contributed by atoms with Gasteiger partial charge in [-0.15, -0.1) is 0 Å². The molecular formula is C13H18N4O. The van der Waals surface area contributed by atoms with E-state index in [9.17, 15) is 4.79 Å². The van der Waals surface area contributed by atoms with E-state index in [1.54, 1.807) is 24.3 Å². The first-order valence-electron chi connectivity index (χ1n) is 5.90. The zero-order valence-corrected chi connectivity index (χ0v) is 10.7. The number of urea groups is 1. The summed E-state index contributed by atoms with van der Waals surface area (Å²) in [5, 5.41) is 17.3. The Balaban J connectivity index is 2.29. The second-order valence-corrected chi connectivity index (χ2v) is 4.18. The summed E-state index contributed by atoms with van der Waals surface area (Å²) in [6, 6.07) is 8.91. The summed E-state index contributed by atoms with van der Waals surface area (Å²) in [5.74, 6) is 0. The molecule has 0 saturated heterocycles. The van der Waals surface area contributed by atoms with Crippen LogP contribution in [-0.4, -0.2) is 25.2 Å². The van der Waals surface area contributed by atoms with Crippen LogP contribution in [0.2, 0.25) is 0 Å². The Bertz CT molecular complexity index is 420. The summed E-state index contributed by atoms with van der Waals surface area (Å²) in [4.78, 5) is 11.5. The molecule has 0 saturated carbocycles. The number of amides is 2. The van der Waals surface area contributed by atoms with Crippen molar-refractivity contribution in [3.63, 3.8) is 0 Å². The minimum atomic E-state index is -0.245. The van der Waals surface area contributed by atoms with Crippen molar-refractivity contribution >= 4 is 11.7 Å². The molecule has 1 rings (SSSR count). The molecule has 5 nitrogen and oxygen atoms in total. The van der Waals surface area contributed by atoms with Gasteiger partial charge in [0.25, 0.3) is 0 Å². The second kappa shape index (κ2) is 7.30. The van der Waals surface area contributed by atoms with Crippen LogP contribution >= 0.6 is 0 Å². The van der Waals surface area contributed by atoms with Crippen molar-refractivity contribution in [3.05, 3.63) is 29.8 Å². The van der Waals surface area contributed by atoms with Gasteiger partial charge in [-0.3, -0.25) is 0 Å². The molecule has 0 aromatic heterocycles. The first-order chi connectivity index (χ1) is 8.61. The van der Waals surface area contributed by atoms with Crippen LogP contribution in [0.1, 0.15) is 19.4 Å². The Labute approximate surface area is 107 Å². The largest absolute Gasteiger partial charge is 0.337 e. The van der Waals surface area contributed by atoms with Crippen LogP contribution in [0, 0.1) is 11.3 Å². The number of anilines is 1. The topological polar surface area (TPSA) is 76.9 Å². The van der Waals surface area contributed by atoms with Crippen molar-refractivity contribution in [2.45, 2.75) is 19.9 Å². The van der Waals surface area contributed by atoms with Crippen LogP contribution in [0.4, 0.5) is 10.5 Å². The average Bonchev–Trinajstić information content (AvgIpc) is 2.35. The normalized spacial score (nSPS) is 9.89. The van der Waals surface area contributed by atoms with Crippen LogP contribution < -0.4 is 16.0 Å². The maximum Gasteiger partial charge on any atom is 0.319 e. The smallest absolute Gasteiger partial charge is 0.319 e. The van der Waals surface area contributed by atoms with Crippen LogP contribution in [0.5, 0.6) is 0 Å². The van der Waals surface area contributed by atoms with E-state index in [4.69, 9.17) is 5.26 Å². The number of nitriles is 1.